The van der Waals surface area contributed by atoms with Gasteiger partial charge in [-0.2, -0.15) is 0 Å². The van der Waals surface area contributed by atoms with Crippen molar-refractivity contribution in [1.82, 2.24) is 0 Å². The van der Waals surface area contributed by atoms with E-state index in [0.717, 1.165) is 16.2 Å². The molecule has 106 valence electrons. The minimum atomic E-state index is -0.818. The Hall–Kier alpha value is -2.74. The summed E-state index contributed by atoms with van der Waals surface area (Å²) in [5.74, 6) is -1.61. The summed E-state index contributed by atoms with van der Waals surface area (Å²) in [6.45, 7) is 0. The minimum Gasteiger partial charge on any atom is -0.204 e. The van der Waals surface area contributed by atoms with Crippen LogP contribution in [0.4, 0.5) is 8.78 Å². The van der Waals surface area contributed by atoms with Crippen LogP contribution in [0.3, 0.4) is 0 Å². The molecule has 0 amide bonds. The molecule has 0 nitrogen and oxygen atoms in total. The van der Waals surface area contributed by atoms with E-state index in [1.165, 1.54) is 6.07 Å². The molecular weight excluding hydrogens is 278 g/mol. The SMILES string of the molecule is Fc1cc2ccccc2c(-c2cccc3ccccc23)c1F. The maximum absolute atomic E-state index is 14.6. The second-order valence-corrected chi connectivity index (χ2v) is 5.30. The number of fused-ring (bicyclic) bond motifs is 2. The van der Waals surface area contributed by atoms with Crippen LogP contribution < -0.4 is 0 Å². The summed E-state index contributed by atoms with van der Waals surface area (Å²) in [4.78, 5) is 0. The summed E-state index contributed by atoms with van der Waals surface area (Å²) in [6.07, 6.45) is 0. The molecule has 0 fully saturated rings. The number of hydrogen-bond donors (Lipinski definition) is 0. The van der Waals surface area contributed by atoms with Crippen molar-refractivity contribution in [2.24, 2.45) is 0 Å². The predicted molar refractivity (Wildman–Crippen MR) is 86.8 cm³/mol. The van der Waals surface area contributed by atoms with Gasteiger partial charge in [-0.1, -0.05) is 66.7 Å². The summed E-state index contributed by atoms with van der Waals surface area (Å²) >= 11 is 0. The summed E-state index contributed by atoms with van der Waals surface area (Å²) < 4.78 is 28.6. The Labute approximate surface area is 126 Å². The molecule has 0 atom stereocenters. The van der Waals surface area contributed by atoms with E-state index in [-0.39, 0.29) is 0 Å². The summed E-state index contributed by atoms with van der Waals surface area (Å²) in [7, 11) is 0. The van der Waals surface area contributed by atoms with Gasteiger partial charge in [0, 0.05) is 5.56 Å². The fraction of sp³-hybridized carbons (Fsp3) is 0. The van der Waals surface area contributed by atoms with E-state index in [0.29, 0.717) is 16.5 Å². The van der Waals surface area contributed by atoms with E-state index in [1.807, 2.05) is 60.7 Å². The highest BCUT2D eigenvalue weighted by atomic mass is 19.2. The molecule has 0 saturated carbocycles. The Kier molecular flexibility index (Phi) is 2.90. The Morgan fingerprint density at radius 1 is 0.591 bits per heavy atom. The molecule has 4 aromatic carbocycles. The second kappa shape index (κ2) is 4.92. The van der Waals surface area contributed by atoms with Gasteiger partial charge in [-0.25, -0.2) is 8.78 Å². The van der Waals surface area contributed by atoms with Crippen molar-refractivity contribution in [3.05, 3.63) is 84.4 Å². The molecule has 4 aromatic rings. The Morgan fingerprint density at radius 2 is 1.23 bits per heavy atom. The standard InChI is InChI=1S/C20H12F2/c21-18-12-14-7-2-4-10-16(14)19(20(18)22)17-11-5-8-13-6-1-3-9-15(13)17/h1-12H. The maximum atomic E-state index is 14.6. The molecule has 22 heavy (non-hydrogen) atoms. The molecule has 0 aromatic heterocycles. The predicted octanol–water partition coefficient (Wildman–Crippen LogP) is 5.94. The van der Waals surface area contributed by atoms with Gasteiger partial charge in [0.2, 0.25) is 0 Å². The third-order valence-electron chi connectivity index (χ3n) is 4.00. The lowest BCUT2D eigenvalue weighted by molar-refractivity contribution is 0.513. The molecule has 0 bridgehead atoms. The van der Waals surface area contributed by atoms with Crippen molar-refractivity contribution in [3.8, 4) is 11.1 Å². The smallest absolute Gasteiger partial charge is 0.167 e. The highest BCUT2D eigenvalue weighted by Crippen LogP contribution is 2.36. The van der Waals surface area contributed by atoms with Crippen molar-refractivity contribution in [1.29, 1.82) is 0 Å². The molecule has 0 aliphatic heterocycles. The van der Waals surface area contributed by atoms with Gasteiger partial charge in [-0.15, -0.1) is 0 Å². The topological polar surface area (TPSA) is 0 Å². The number of rotatable bonds is 1. The van der Waals surface area contributed by atoms with E-state index >= 15 is 0 Å². The third kappa shape index (κ3) is 1.88. The summed E-state index contributed by atoms with van der Waals surface area (Å²) in [5, 5.41) is 3.34. The first-order chi connectivity index (χ1) is 10.8. The van der Waals surface area contributed by atoms with Crippen molar-refractivity contribution in [3.63, 3.8) is 0 Å². The average Bonchev–Trinajstić information content (AvgIpc) is 2.56. The van der Waals surface area contributed by atoms with E-state index in [4.69, 9.17) is 0 Å². The van der Waals surface area contributed by atoms with Gasteiger partial charge in [0.05, 0.1) is 0 Å². The van der Waals surface area contributed by atoms with Crippen LogP contribution in [0.2, 0.25) is 0 Å². The van der Waals surface area contributed by atoms with E-state index < -0.39 is 11.6 Å². The van der Waals surface area contributed by atoms with Crippen LogP contribution in [-0.2, 0) is 0 Å². The Balaban J connectivity index is 2.19. The van der Waals surface area contributed by atoms with Gasteiger partial charge in [0.25, 0.3) is 0 Å². The molecule has 0 heterocycles. The van der Waals surface area contributed by atoms with Gasteiger partial charge < -0.3 is 0 Å². The molecule has 0 aliphatic rings. The summed E-state index contributed by atoms with van der Waals surface area (Å²) in [6, 6.07) is 22.0. The number of hydrogen-bond acceptors (Lipinski definition) is 0. The van der Waals surface area contributed by atoms with E-state index in [9.17, 15) is 8.78 Å². The zero-order valence-corrected chi connectivity index (χ0v) is 11.7. The number of halogens is 2. The lowest BCUT2D eigenvalue weighted by atomic mass is 9.93. The van der Waals surface area contributed by atoms with Crippen LogP contribution in [0.25, 0.3) is 32.7 Å². The van der Waals surface area contributed by atoms with Crippen molar-refractivity contribution in [2.45, 2.75) is 0 Å². The highest BCUT2D eigenvalue weighted by molar-refractivity contribution is 6.05. The van der Waals surface area contributed by atoms with Crippen LogP contribution in [0.5, 0.6) is 0 Å². The zero-order chi connectivity index (χ0) is 15.1. The lowest BCUT2D eigenvalue weighted by Gasteiger charge is -2.12. The molecular formula is C20H12F2. The van der Waals surface area contributed by atoms with Gasteiger partial charge in [-0.05, 0) is 33.2 Å². The molecule has 0 unspecified atom stereocenters. The van der Waals surface area contributed by atoms with Gasteiger partial charge in [0.15, 0.2) is 11.6 Å². The zero-order valence-electron chi connectivity index (χ0n) is 11.7. The fourth-order valence-electron chi connectivity index (χ4n) is 2.99. The van der Waals surface area contributed by atoms with Gasteiger partial charge >= 0.3 is 0 Å². The van der Waals surface area contributed by atoms with Crippen LogP contribution in [-0.4, -0.2) is 0 Å². The van der Waals surface area contributed by atoms with Crippen LogP contribution in [0, 0.1) is 11.6 Å². The van der Waals surface area contributed by atoms with Gasteiger partial charge in [-0.3, -0.25) is 0 Å². The van der Waals surface area contributed by atoms with E-state index in [1.54, 1.807) is 6.07 Å². The number of benzene rings is 4. The normalized spacial score (nSPS) is 11.2. The second-order valence-electron chi connectivity index (χ2n) is 5.30. The maximum Gasteiger partial charge on any atom is 0.167 e. The molecule has 4 rings (SSSR count). The molecule has 2 heteroatoms. The monoisotopic (exact) mass is 290 g/mol. The molecule has 0 N–H and O–H groups in total. The van der Waals surface area contributed by atoms with Crippen molar-refractivity contribution in [2.75, 3.05) is 0 Å². The largest absolute Gasteiger partial charge is 0.204 e. The minimum absolute atomic E-state index is 0.326. The molecule has 0 radical (unpaired) electrons. The van der Waals surface area contributed by atoms with E-state index in [2.05, 4.69) is 0 Å². The van der Waals surface area contributed by atoms with Crippen LogP contribution in [0.1, 0.15) is 0 Å². The first-order valence-corrected chi connectivity index (χ1v) is 7.10. The van der Waals surface area contributed by atoms with Gasteiger partial charge in [0.1, 0.15) is 0 Å². The first kappa shape index (κ1) is 13.0. The Bertz CT molecular complexity index is 998. The third-order valence-corrected chi connectivity index (χ3v) is 4.00. The Morgan fingerprint density at radius 3 is 2.05 bits per heavy atom. The summed E-state index contributed by atoms with van der Waals surface area (Å²) in [5.41, 5.74) is 1.04. The van der Waals surface area contributed by atoms with Crippen LogP contribution >= 0.6 is 0 Å². The first-order valence-electron chi connectivity index (χ1n) is 7.10. The molecule has 0 spiro atoms. The average molecular weight is 290 g/mol. The molecule has 0 saturated heterocycles. The molecule has 0 aliphatic carbocycles. The quantitative estimate of drug-likeness (QED) is 0.407. The van der Waals surface area contributed by atoms with Crippen LogP contribution in [0.15, 0.2) is 72.8 Å². The van der Waals surface area contributed by atoms with Crippen molar-refractivity contribution < 1.29 is 8.78 Å². The lowest BCUT2D eigenvalue weighted by Crippen LogP contribution is -1.93. The van der Waals surface area contributed by atoms with Crippen molar-refractivity contribution >= 4 is 21.5 Å². The fourth-order valence-corrected chi connectivity index (χ4v) is 2.99. The highest BCUT2D eigenvalue weighted by Gasteiger charge is 2.16.